The fourth-order valence-electron chi connectivity index (χ4n) is 0.749. The van der Waals surface area contributed by atoms with Crippen LogP contribution in [0.15, 0.2) is 0 Å². The largest absolute Gasteiger partial charge is 0.468 e. The Morgan fingerprint density at radius 3 is 2.27 bits per heavy atom. The summed E-state index contributed by atoms with van der Waals surface area (Å²) in [5, 5.41) is -0.514. The molecule has 1 atom stereocenters. The van der Waals surface area contributed by atoms with Gasteiger partial charge in [-0.05, 0) is 11.8 Å². The first-order valence-electron chi connectivity index (χ1n) is 3.59. The number of carbonyl (C=O) groups is 1. The first kappa shape index (κ1) is 10.8. The van der Waals surface area contributed by atoms with Gasteiger partial charge in [0.2, 0.25) is 0 Å². The predicted molar refractivity (Wildman–Crippen MR) is 45.7 cm³/mol. The van der Waals surface area contributed by atoms with Gasteiger partial charge in [-0.1, -0.05) is 20.8 Å². The van der Waals surface area contributed by atoms with Crippen molar-refractivity contribution in [2.24, 2.45) is 5.41 Å². The van der Waals surface area contributed by atoms with Crippen LogP contribution in [0, 0.1) is 5.41 Å². The molecule has 0 aromatic rings. The second kappa shape index (κ2) is 3.96. The van der Waals surface area contributed by atoms with Crippen LogP contribution in [0.3, 0.4) is 0 Å². The predicted octanol–water partition coefficient (Wildman–Crippen LogP) is 2.20. The molecule has 0 amide bonds. The first-order chi connectivity index (χ1) is 4.87. The number of hydrogen-bond donors (Lipinski definition) is 0. The van der Waals surface area contributed by atoms with E-state index in [-0.39, 0.29) is 11.4 Å². The highest BCUT2D eigenvalue weighted by Gasteiger charge is 2.22. The molecule has 11 heavy (non-hydrogen) atoms. The number of hydrogen-bond acceptors (Lipinski definition) is 2. The van der Waals surface area contributed by atoms with Crippen LogP contribution in [0.4, 0.5) is 0 Å². The summed E-state index contributed by atoms with van der Waals surface area (Å²) >= 11 is 5.74. The molecule has 0 fully saturated rings. The number of ether oxygens (including phenoxy) is 1. The minimum atomic E-state index is -0.514. The van der Waals surface area contributed by atoms with Crippen LogP contribution in [-0.4, -0.2) is 18.5 Å². The quantitative estimate of drug-likeness (QED) is 0.479. The van der Waals surface area contributed by atoms with Crippen molar-refractivity contribution in [3.8, 4) is 0 Å². The van der Waals surface area contributed by atoms with Gasteiger partial charge in [-0.2, -0.15) is 0 Å². The summed E-state index contributed by atoms with van der Waals surface area (Å²) in [4.78, 5) is 10.8. The van der Waals surface area contributed by atoms with Crippen molar-refractivity contribution < 1.29 is 9.53 Å². The lowest BCUT2D eigenvalue weighted by molar-refractivity contribution is -0.140. The van der Waals surface area contributed by atoms with Crippen LogP contribution >= 0.6 is 11.6 Å². The van der Waals surface area contributed by atoms with E-state index in [1.165, 1.54) is 7.11 Å². The number of halogens is 1. The molecule has 0 saturated carbocycles. The maximum absolute atomic E-state index is 10.8. The van der Waals surface area contributed by atoms with Gasteiger partial charge in [0.1, 0.15) is 5.38 Å². The second-order valence-corrected chi connectivity index (χ2v) is 4.28. The van der Waals surface area contributed by atoms with Crippen LogP contribution < -0.4 is 0 Å². The van der Waals surface area contributed by atoms with Gasteiger partial charge in [0.05, 0.1) is 7.11 Å². The molecule has 0 spiro atoms. The molecule has 3 heteroatoms. The topological polar surface area (TPSA) is 26.3 Å². The zero-order valence-electron chi connectivity index (χ0n) is 7.48. The third kappa shape index (κ3) is 5.08. The van der Waals surface area contributed by atoms with E-state index < -0.39 is 5.38 Å². The molecule has 0 unspecified atom stereocenters. The second-order valence-electron chi connectivity index (χ2n) is 3.76. The molecule has 0 aliphatic heterocycles. The van der Waals surface area contributed by atoms with E-state index in [4.69, 9.17) is 11.6 Å². The Morgan fingerprint density at radius 2 is 2.00 bits per heavy atom. The zero-order chi connectivity index (χ0) is 9.07. The van der Waals surface area contributed by atoms with Gasteiger partial charge in [0.25, 0.3) is 0 Å². The van der Waals surface area contributed by atoms with Gasteiger partial charge < -0.3 is 4.74 Å². The van der Waals surface area contributed by atoms with Crippen molar-refractivity contribution in [2.45, 2.75) is 32.6 Å². The summed E-state index contributed by atoms with van der Waals surface area (Å²) in [5.41, 5.74) is 0.0700. The van der Waals surface area contributed by atoms with E-state index in [2.05, 4.69) is 4.74 Å². The third-order valence-corrected chi connectivity index (χ3v) is 1.58. The van der Waals surface area contributed by atoms with E-state index >= 15 is 0 Å². The minimum absolute atomic E-state index is 0.0700. The maximum atomic E-state index is 10.8. The van der Waals surface area contributed by atoms with Crippen LogP contribution in [-0.2, 0) is 9.53 Å². The Hall–Kier alpha value is -0.240. The van der Waals surface area contributed by atoms with E-state index in [9.17, 15) is 4.79 Å². The Balaban J connectivity index is 3.87. The molecule has 0 N–H and O–H groups in total. The molecule has 0 aliphatic carbocycles. The Morgan fingerprint density at radius 1 is 1.55 bits per heavy atom. The normalized spacial score (nSPS) is 14.3. The lowest BCUT2D eigenvalue weighted by atomic mass is 9.90. The summed E-state index contributed by atoms with van der Waals surface area (Å²) in [6.45, 7) is 6.10. The number of rotatable bonds is 2. The minimum Gasteiger partial charge on any atom is -0.468 e. The SMILES string of the molecule is COC(=O)[C@@H](Cl)CC(C)(C)C. The van der Waals surface area contributed by atoms with Gasteiger partial charge in [-0.15, -0.1) is 11.6 Å². The van der Waals surface area contributed by atoms with Crippen molar-refractivity contribution in [1.29, 1.82) is 0 Å². The lowest BCUT2D eigenvalue weighted by Gasteiger charge is -2.19. The van der Waals surface area contributed by atoms with Crippen molar-refractivity contribution in [3.05, 3.63) is 0 Å². The van der Waals surface area contributed by atoms with E-state index in [0.29, 0.717) is 6.42 Å². The summed E-state index contributed by atoms with van der Waals surface area (Å²) < 4.78 is 4.49. The van der Waals surface area contributed by atoms with Gasteiger partial charge in [-0.25, -0.2) is 0 Å². The number of methoxy groups -OCH3 is 1. The third-order valence-electron chi connectivity index (χ3n) is 1.25. The molecule has 0 rings (SSSR count). The monoisotopic (exact) mass is 178 g/mol. The van der Waals surface area contributed by atoms with Crippen molar-refractivity contribution in [1.82, 2.24) is 0 Å². The standard InChI is InChI=1S/C8H15ClO2/c1-8(2,3)5-6(9)7(10)11-4/h6H,5H2,1-4H3/t6-/m0/s1. The highest BCUT2D eigenvalue weighted by molar-refractivity contribution is 6.29. The molecule has 0 bridgehead atoms. The molecule has 0 saturated heterocycles. The highest BCUT2D eigenvalue weighted by Crippen LogP contribution is 2.23. The van der Waals surface area contributed by atoms with Crippen molar-refractivity contribution >= 4 is 17.6 Å². The summed E-state index contributed by atoms with van der Waals surface area (Å²) in [6, 6.07) is 0. The molecule has 66 valence electrons. The van der Waals surface area contributed by atoms with Gasteiger partial charge in [0, 0.05) is 0 Å². The van der Waals surface area contributed by atoms with Crippen LogP contribution in [0.2, 0.25) is 0 Å². The average Bonchev–Trinajstić information content (AvgIpc) is 1.82. The van der Waals surface area contributed by atoms with Crippen LogP contribution in [0.1, 0.15) is 27.2 Å². The fraction of sp³-hybridized carbons (Fsp3) is 0.875. The first-order valence-corrected chi connectivity index (χ1v) is 4.02. The Bertz CT molecular complexity index is 138. The summed E-state index contributed by atoms with van der Waals surface area (Å²) in [6.07, 6.45) is 0.640. The molecule has 0 aromatic carbocycles. The average molecular weight is 179 g/mol. The maximum Gasteiger partial charge on any atom is 0.323 e. The smallest absolute Gasteiger partial charge is 0.323 e. The Kier molecular flexibility index (Phi) is 3.87. The fourth-order valence-corrected chi connectivity index (χ4v) is 1.30. The van der Waals surface area contributed by atoms with Crippen molar-refractivity contribution in [3.63, 3.8) is 0 Å². The van der Waals surface area contributed by atoms with Crippen LogP contribution in [0.25, 0.3) is 0 Å². The molecule has 0 radical (unpaired) electrons. The number of esters is 1. The van der Waals surface area contributed by atoms with Crippen LogP contribution in [0.5, 0.6) is 0 Å². The van der Waals surface area contributed by atoms with Crippen molar-refractivity contribution in [2.75, 3.05) is 7.11 Å². The summed E-state index contributed by atoms with van der Waals surface area (Å²) in [7, 11) is 1.35. The van der Waals surface area contributed by atoms with Gasteiger partial charge in [0.15, 0.2) is 0 Å². The van der Waals surface area contributed by atoms with E-state index in [0.717, 1.165) is 0 Å². The van der Waals surface area contributed by atoms with E-state index in [1.807, 2.05) is 20.8 Å². The molecule has 0 aliphatic rings. The molecular formula is C8H15ClO2. The molecule has 0 aromatic heterocycles. The Labute approximate surface area is 72.9 Å². The zero-order valence-corrected chi connectivity index (χ0v) is 8.23. The highest BCUT2D eigenvalue weighted by atomic mass is 35.5. The summed E-state index contributed by atoms with van der Waals surface area (Å²) in [5.74, 6) is -0.346. The molecular weight excluding hydrogens is 164 g/mol. The van der Waals surface area contributed by atoms with Gasteiger partial charge in [-0.3, -0.25) is 4.79 Å². The number of alkyl halides is 1. The lowest BCUT2D eigenvalue weighted by Crippen LogP contribution is -2.22. The van der Waals surface area contributed by atoms with Gasteiger partial charge >= 0.3 is 5.97 Å². The van der Waals surface area contributed by atoms with E-state index in [1.54, 1.807) is 0 Å². The number of carbonyl (C=O) groups excluding carboxylic acids is 1. The molecule has 2 nitrogen and oxygen atoms in total. The molecule has 0 heterocycles.